The number of phenols is 2. The summed E-state index contributed by atoms with van der Waals surface area (Å²) in [7, 11) is 1.47. The number of rotatable bonds is 4. The number of hydrogen-bond donors (Lipinski definition) is 3. The monoisotopic (exact) mass is 304 g/mol. The van der Waals surface area contributed by atoms with Crippen LogP contribution in [0.15, 0.2) is 41.5 Å². The molecule has 2 aromatic rings. The summed E-state index contributed by atoms with van der Waals surface area (Å²) in [4.78, 5) is 11.8. The molecule has 114 valence electrons. The van der Waals surface area contributed by atoms with Gasteiger partial charge in [0.25, 0.3) is 5.91 Å². The van der Waals surface area contributed by atoms with E-state index in [0.29, 0.717) is 11.3 Å². The molecule has 0 aliphatic rings. The van der Waals surface area contributed by atoms with Crippen LogP contribution in [0.2, 0.25) is 0 Å². The normalized spacial score (nSPS) is 10.6. The van der Waals surface area contributed by atoms with E-state index in [4.69, 9.17) is 4.74 Å². The Morgan fingerprint density at radius 2 is 2.05 bits per heavy atom. The maximum absolute atomic E-state index is 13.5. The molecule has 0 aliphatic heterocycles. The Morgan fingerprint density at radius 3 is 2.73 bits per heavy atom. The Balaban J connectivity index is 2.14. The van der Waals surface area contributed by atoms with Gasteiger partial charge in [0, 0.05) is 5.56 Å². The van der Waals surface area contributed by atoms with E-state index >= 15 is 0 Å². The van der Waals surface area contributed by atoms with Crippen molar-refractivity contribution in [2.24, 2.45) is 5.10 Å². The third-order valence-electron chi connectivity index (χ3n) is 2.82. The van der Waals surface area contributed by atoms with Crippen LogP contribution < -0.4 is 10.2 Å². The second-order valence-electron chi connectivity index (χ2n) is 4.26. The van der Waals surface area contributed by atoms with E-state index < -0.39 is 23.0 Å². The molecule has 3 N–H and O–H groups in total. The van der Waals surface area contributed by atoms with Crippen molar-refractivity contribution in [1.82, 2.24) is 5.43 Å². The third-order valence-corrected chi connectivity index (χ3v) is 2.82. The van der Waals surface area contributed by atoms with Gasteiger partial charge in [0.05, 0.1) is 13.3 Å². The molecule has 6 nitrogen and oxygen atoms in total. The van der Waals surface area contributed by atoms with Crippen LogP contribution in [0, 0.1) is 5.82 Å². The van der Waals surface area contributed by atoms with Gasteiger partial charge in [-0.2, -0.15) is 5.10 Å². The summed E-state index contributed by atoms with van der Waals surface area (Å²) in [6, 6.07) is 7.99. The molecule has 0 bridgehead atoms. The topological polar surface area (TPSA) is 91.2 Å². The van der Waals surface area contributed by atoms with E-state index in [1.807, 2.05) is 0 Å². The van der Waals surface area contributed by atoms with Crippen LogP contribution in [-0.2, 0) is 0 Å². The third kappa shape index (κ3) is 3.32. The molecule has 0 saturated heterocycles. The van der Waals surface area contributed by atoms with Gasteiger partial charge in [0.1, 0.15) is 28.6 Å². The van der Waals surface area contributed by atoms with Gasteiger partial charge < -0.3 is 14.9 Å². The number of phenolic OH excluding ortho intramolecular Hbond substituents is 2. The number of hydrogen-bond acceptors (Lipinski definition) is 5. The smallest absolute Gasteiger partial charge is 0.278 e. The Labute approximate surface area is 125 Å². The first-order chi connectivity index (χ1) is 10.5. The molecule has 22 heavy (non-hydrogen) atoms. The predicted octanol–water partition coefficient (Wildman–Crippen LogP) is 2.01. The molecule has 7 heteroatoms. The zero-order chi connectivity index (χ0) is 16.1. The molecule has 2 aromatic carbocycles. The second-order valence-corrected chi connectivity index (χ2v) is 4.26. The first-order valence-corrected chi connectivity index (χ1v) is 6.21. The molecular weight excluding hydrogens is 291 g/mol. The van der Waals surface area contributed by atoms with Gasteiger partial charge in [0.15, 0.2) is 0 Å². The Hall–Kier alpha value is -3.09. The molecule has 0 radical (unpaired) electrons. The van der Waals surface area contributed by atoms with Crippen molar-refractivity contribution in [3.63, 3.8) is 0 Å². The minimum absolute atomic E-state index is 0.0625. The van der Waals surface area contributed by atoms with Gasteiger partial charge in [-0.15, -0.1) is 0 Å². The molecule has 0 heterocycles. The van der Waals surface area contributed by atoms with Crippen molar-refractivity contribution in [2.45, 2.75) is 0 Å². The zero-order valence-electron chi connectivity index (χ0n) is 11.6. The molecule has 2 rings (SSSR count). The van der Waals surface area contributed by atoms with Gasteiger partial charge in [-0.05, 0) is 30.3 Å². The van der Waals surface area contributed by atoms with Gasteiger partial charge in [0.2, 0.25) is 0 Å². The Kier molecular flexibility index (Phi) is 4.57. The lowest BCUT2D eigenvalue weighted by Gasteiger charge is -2.05. The van der Waals surface area contributed by atoms with Crippen LogP contribution in [0.4, 0.5) is 4.39 Å². The summed E-state index contributed by atoms with van der Waals surface area (Å²) < 4.78 is 18.5. The number of carbonyl (C=O) groups excluding carboxylic acids is 1. The van der Waals surface area contributed by atoms with E-state index in [-0.39, 0.29) is 5.75 Å². The molecule has 0 aliphatic carbocycles. The summed E-state index contributed by atoms with van der Waals surface area (Å²) in [5, 5.41) is 22.7. The number of hydrazone groups is 1. The van der Waals surface area contributed by atoms with E-state index in [2.05, 4.69) is 10.5 Å². The van der Waals surface area contributed by atoms with Crippen LogP contribution in [0.5, 0.6) is 17.2 Å². The van der Waals surface area contributed by atoms with Crippen molar-refractivity contribution in [2.75, 3.05) is 7.11 Å². The standard InChI is InChI=1S/C15H13FN2O4/c1-22-10-5-6-12(19)9(7-10)8-17-18-15(21)14-11(16)3-2-4-13(14)20/h2-8,19-20H,1H3,(H,18,21). The quantitative estimate of drug-likeness (QED) is 0.595. The van der Waals surface area contributed by atoms with E-state index in [0.717, 1.165) is 6.07 Å². The predicted molar refractivity (Wildman–Crippen MR) is 77.8 cm³/mol. The van der Waals surface area contributed by atoms with Crippen molar-refractivity contribution in [3.05, 3.63) is 53.3 Å². The molecule has 0 atom stereocenters. The highest BCUT2D eigenvalue weighted by Gasteiger charge is 2.15. The lowest BCUT2D eigenvalue weighted by Crippen LogP contribution is -2.19. The summed E-state index contributed by atoms with van der Waals surface area (Å²) in [5.41, 5.74) is 1.87. The molecule has 1 amide bonds. The average Bonchev–Trinajstić information content (AvgIpc) is 2.49. The Bertz CT molecular complexity index is 711. The number of methoxy groups -OCH3 is 1. The van der Waals surface area contributed by atoms with Crippen molar-refractivity contribution in [3.8, 4) is 17.2 Å². The first-order valence-electron chi connectivity index (χ1n) is 6.21. The lowest BCUT2D eigenvalue weighted by molar-refractivity contribution is 0.0948. The number of benzene rings is 2. The number of halogens is 1. The summed E-state index contributed by atoms with van der Waals surface area (Å²) >= 11 is 0. The molecule has 0 unspecified atom stereocenters. The number of aromatic hydroxyl groups is 2. The molecule has 0 aromatic heterocycles. The molecule has 0 spiro atoms. The lowest BCUT2D eigenvalue weighted by atomic mass is 10.2. The summed E-state index contributed by atoms with van der Waals surface area (Å²) in [5.74, 6) is -1.83. The largest absolute Gasteiger partial charge is 0.507 e. The highest BCUT2D eigenvalue weighted by atomic mass is 19.1. The first kappa shape index (κ1) is 15.3. The van der Waals surface area contributed by atoms with Gasteiger partial charge >= 0.3 is 0 Å². The summed E-state index contributed by atoms with van der Waals surface area (Å²) in [6.45, 7) is 0. The van der Waals surface area contributed by atoms with E-state index in [9.17, 15) is 19.4 Å². The van der Waals surface area contributed by atoms with Crippen LogP contribution >= 0.6 is 0 Å². The van der Waals surface area contributed by atoms with Crippen molar-refractivity contribution < 1.29 is 24.1 Å². The van der Waals surface area contributed by atoms with E-state index in [1.54, 1.807) is 6.07 Å². The van der Waals surface area contributed by atoms with Crippen LogP contribution in [-0.4, -0.2) is 29.4 Å². The fourth-order valence-corrected chi connectivity index (χ4v) is 1.72. The second kappa shape index (κ2) is 6.57. The fraction of sp³-hybridized carbons (Fsp3) is 0.0667. The van der Waals surface area contributed by atoms with Gasteiger partial charge in [-0.25, -0.2) is 9.82 Å². The zero-order valence-corrected chi connectivity index (χ0v) is 11.6. The molecule has 0 saturated carbocycles. The van der Waals surface area contributed by atoms with Gasteiger partial charge in [-0.3, -0.25) is 4.79 Å². The molecular formula is C15H13FN2O4. The number of nitrogens with one attached hydrogen (secondary N) is 1. The minimum Gasteiger partial charge on any atom is -0.507 e. The average molecular weight is 304 g/mol. The van der Waals surface area contributed by atoms with Crippen LogP contribution in [0.1, 0.15) is 15.9 Å². The fourth-order valence-electron chi connectivity index (χ4n) is 1.72. The maximum atomic E-state index is 13.5. The number of carbonyl (C=O) groups is 1. The van der Waals surface area contributed by atoms with Crippen molar-refractivity contribution in [1.29, 1.82) is 0 Å². The Morgan fingerprint density at radius 1 is 1.27 bits per heavy atom. The highest BCUT2D eigenvalue weighted by Crippen LogP contribution is 2.21. The summed E-state index contributed by atoms with van der Waals surface area (Å²) in [6.07, 6.45) is 1.17. The van der Waals surface area contributed by atoms with E-state index in [1.165, 1.54) is 37.6 Å². The molecule has 0 fully saturated rings. The van der Waals surface area contributed by atoms with Crippen LogP contribution in [0.3, 0.4) is 0 Å². The number of ether oxygens (including phenoxy) is 1. The van der Waals surface area contributed by atoms with Crippen LogP contribution in [0.25, 0.3) is 0 Å². The number of nitrogens with zero attached hydrogens (tertiary/aromatic N) is 1. The maximum Gasteiger partial charge on any atom is 0.278 e. The number of amides is 1. The van der Waals surface area contributed by atoms with Crippen molar-refractivity contribution >= 4 is 12.1 Å². The van der Waals surface area contributed by atoms with Gasteiger partial charge in [-0.1, -0.05) is 6.07 Å². The SMILES string of the molecule is COc1ccc(O)c(C=NNC(=O)c2c(O)cccc2F)c1. The minimum atomic E-state index is -0.908. The highest BCUT2D eigenvalue weighted by molar-refractivity contribution is 5.97.